The molecule has 0 atom stereocenters. The highest BCUT2D eigenvalue weighted by Crippen LogP contribution is 2.42. The molecule has 1 aliphatic heterocycles. The third-order valence-corrected chi connectivity index (χ3v) is 9.29. The largest absolute Gasteiger partial charge is 0.378 e. The second-order valence-corrected chi connectivity index (χ2v) is 11.6. The van der Waals surface area contributed by atoms with Crippen LogP contribution < -0.4 is 15.4 Å². The average molecular weight is 519 g/mol. The number of nitrogens with two attached hydrogens (primary N) is 1. The van der Waals surface area contributed by atoms with Gasteiger partial charge in [-0.3, -0.25) is 4.72 Å². The molecule has 1 saturated carbocycles. The van der Waals surface area contributed by atoms with Gasteiger partial charge in [0.25, 0.3) is 0 Å². The summed E-state index contributed by atoms with van der Waals surface area (Å²) in [7, 11) is -3.70. The van der Waals surface area contributed by atoms with Crippen LogP contribution in [-0.4, -0.2) is 54.9 Å². The zero-order valence-corrected chi connectivity index (χ0v) is 20.7. The van der Waals surface area contributed by atoms with Crippen molar-refractivity contribution in [2.45, 2.75) is 37.4 Å². The van der Waals surface area contributed by atoms with Crippen molar-refractivity contribution in [3.63, 3.8) is 0 Å². The maximum Gasteiger partial charge on any atom is 0.235 e. The Morgan fingerprint density at radius 3 is 2.63 bits per heavy atom. The van der Waals surface area contributed by atoms with Crippen LogP contribution in [0.15, 0.2) is 30.5 Å². The van der Waals surface area contributed by atoms with E-state index in [-0.39, 0.29) is 17.2 Å². The first kappa shape index (κ1) is 23.9. The Balaban J connectivity index is 1.55. The smallest absolute Gasteiger partial charge is 0.235 e. The number of thiazole rings is 1. The Hall–Kier alpha value is -2.83. The Kier molecular flexibility index (Phi) is 6.85. The fraction of sp³-hybridized carbons (Fsp3) is 0.435. The monoisotopic (exact) mass is 518 g/mol. The fourth-order valence-electron chi connectivity index (χ4n) is 4.46. The number of anilines is 3. The molecule has 0 radical (unpaired) electrons. The third kappa shape index (κ3) is 5.09. The van der Waals surface area contributed by atoms with Gasteiger partial charge in [0.05, 0.1) is 40.4 Å². The van der Waals surface area contributed by atoms with E-state index in [0.29, 0.717) is 60.5 Å². The summed E-state index contributed by atoms with van der Waals surface area (Å²) in [6.07, 6.45) is 5.48. The number of sulfonamides is 1. The van der Waals surface area contributed by atoms with Crippen molar-refractivity contribution >= 4 is 38.1 Å². The lowest BCUT2D eigenvalue weighted by Crippen LogP contribution is -2.36. The highest BCUT2D eigenvalue weighted by Gasteiger charge is 2.29. The second-order valence-electron chi connectivity index (χ2n) is 8.65. The molecule has 2 fully saturated rings. The highest BCUT2D eigenvalue weighted by atomic mass is 32.2. The van der Waals surface area contributed by atoms with Crippen molar-refractivity contribution in [2.24, 2.45) is 0 Å². The van der Waals surface area contributed by atoms with Crippen LogP contribution in [0.3, 0.4) is 0 Å². The zero-order valence-electron chi connectivity index (χ0n) is 19.1. The van der Waals surface area contributed by atoms with Crippen LogP contribution in [0.2, 0.25) is 0 Å². The normalized spacial score (nSPS) is 17.5. The van der Waals surface area contributed by atoms with Gasteiger partial charge in [0.2, 0.25) is 16.0 Å². The first-order valence-electron chi connectivity index (χ1n) is 11.7. The van der Waals surface area contributed by atoms with E-state index in [2.05, 4.69) is 19.6 Å². The summed E-state index contributed by atoms with van der Waals surface area (Å²) in [6, 6.07) is 6.36. The number of nitrogen functional groups attached to an aromatic ring is 1. The van der Waals surface area contributed by atoms with Crippen molar-refractivity contribution in [3.8, 4) is 21.8 Å². The van der Waals surface area contributed by atoms with Gasteiger partial charge in [0.15, 0.2) is 10.9 Å². The number of halogens is 1. The van der Waals surface area contributed by atoms with Gasteiger partial charge < -0.3 is 15.4 Å². The predicted octanol–water partition coefficient (Wildman–Crippen LogP) is 3.90. The van der Waals surface area contributed by atoms with Gasteiger partial charge in [-0.2, -0.15) is 0 Å². The molecule has 1 aromatic carbocycles. The molecular weight excluding hydrogens is 491 g/mol. The van der Waals surface area contributed by atoms with Gasteiger partial charge in [0, 0.05) is 24.8 Å². The Morgan fingerprint density at radius 2 is 1.89 bits per heavy atom. The molecule has 186 valence electrons. The molecule has 12 heteroatoms. The molecule has 0 amide bonds. The summed E-state index contributed by atoms with van der Waals surface area (Å²) in [4.78, 5) is 15.8. The van der Waals surface area contributed by atoms with Crippen molar-refractivity contribution in [2.75, 3.05) is 41.7 Å². The molecule has 3 N–H and O–H groups in total. The van der Waals surface area contributed by atoms with E-state index < -0.39 is 21.1 Å². The minimum atomic E-state index is -3.70. The lowest BCUT2D eigenvalue weighted by molar-refractivity contribution is 0.122. The SMILES string of the molecule is Nc1nccc(-c2sc(N3CCOCC3)nc2-c2cccc(NS(=O)(=O)C3CCCCC3)c2F)n1. The number of rotatable bonds is 6. The summed E-state index contributed by atoms with van der Waals surface area (Å²) < 4.78 is 49.7. The van der Waals surface area contributed by atoms with Crippen molar-refractivity contribution < 1.29 is 17.5 Å². The Morgan fingerprint density at radius 1 is 1.11 bits per heavy atom. The fourth-order valence-corrected chi connectivity index (χ4v) is 7.15. The molecule has 0 spiro atoms. The maximum atomic E-state index is 15.8. The maximum absolute atomic E-state index is 15.8. The average Bonchev–Trinajstić information content (AvgIpc) is 3.32. The number of benzene rings is 1. The quantitative estimate of drug-likeness (QED) is 0.504. The van der Waals surface area contributed by atoms with Gasteiger partial charge in [-0.15, -0.1) is 0 Å². The topological polar surface area (TPSA) is 123 Å². The van der Waals surface area contributed by atoms with Crippen LogP contribution in [0, 0.1) is 5.82 Å². The molecule has 5 rings (SSSR count). The zero-order chi connectivity index (χ0) is 24.4. The summed E-state index contributed by atoms with van der Waals surface area (Å²) in [6.45, 7) is 2.50. The van der Waals surface area contributed by atoms with E-state index in [0.717, 1.165) is 19.3 Å². The minimum absolute atomic E-state index is 0.0813. The number of aromatic nitrogens is 3. The van der Waals surface area contributed by atoms with E-state index >= 15 is 4.39 Å². The molecule has 1 aliphatic carbocycles. The van der Waals surface area contributed by atoms with Gasteiger partial charge in [-0.1, -0.05) is 36.7 Å². The van der Waals surface area contributed by atoms with Crippen LogP contribution in [0.5, 0.6) is 0 Å². The van der Waals surface area contributed by atoms with Crippen molar-refractivity contribution in [1.82, 2.24) is 15.0 Å². The van der Waals surface area contributed by atoms with Gasteiger partial charge in [-0.05, 0) is 31.0 Å². The summed E-state index contributed by atoms with van der Waals surface area (Å²) in [5.74, 6) is -0.571. The lowest BCUT2D eigenvalue weighted by Gasteiger charge is -2.26. The van der Waals surface area contributed by atoms with Crippen LogP contribution in [0.25, 0.3) is 21.8 Å². The number of ether oxygens (including phenoxy) is 1. The van der Waals surface area contributed by atoms with Gasteiger partial charge in [0.1, 0.15) is 0 Å². The summed E-state index contributed by atoms with van der Waals surface area (Å²) in [5, 5.41) is 0.203. The Labute approximate surface area is 207 Å². The van der Waals surface area contributed by atoms with Crippen LogP contribution in [0.4, 0.5) is 21.2 Å². The van der Waals surface area contributed by atoms with Crippen molar-refractivity contribution in [1.29, 1.82) is 0 Å². The molecule has 35 heavy (non-hydrogen) atoms. The van der Waals surface area contributed by atoms with E-state index in [1.807, 2.05) is 0 Å². The first-order valence-corrected chi connectivity index (χ1v) is 14.0. The molecule has 0 unspecified atom stereocenters. The summed E-state index contributed by atoms with van der Waals surface area (Å²) in [5.41, 5.74) is 6.83. The van der Waals surface area contributed by atoms with E-state index in [4.69, 9.17) is 15.5 Å². The minimum Gasteiger partial charge on any atom is -0.378 e. The third-order valence-electron chi connectivity index (χ3n) is 6.30. The van der Waals surface area contributed by atoms with Crippen molar-refractivity contribution in [3.05, 3.63) is 36.3 Å². The number of hydrogen-bond donors (Lipinski definition) is 2. The molecule has 1 saturated heterocycles. The first-order chi connectivity index (χ1) is 16.9. The number of morpholine rings is 1. The standard InChI is InChI=1S/C23H27FN6O3S2/c24-19-16(7-4-8-17(19)29-35(31,32)15-5-2-1-3-6-15)20-21(18-9-10-26-22(25)27-18)34-23(28-20)30-11-13-33-14-12-30/h4,7-10,15,29H,1-3,5-6,11-14H2,(H2,25,26,27). The molecule has 3 heterocycles. The number of nitrogens with zero attached hydrogens (tertiary/aromatic N) is 4. The molecule has 0 bridgehead atoms. The predicted molar refractivity (Wildman–Crippen MR) is 135 cm³/mol. The van der Waals surface area contributed by atoms with E-state index in [1.54, 1.807) is 24.4 Å². The molecule has 2 aliphatic rings. The number of hydrogen-bond acceptors (Lipinski definition) is 9. The highest BCUT2D eigenvalue weighted by molar-refractivity contribution is 7.93. The van der Waals surface area contributed by atoms with Crippen LogP contribution in [0.1, 0.15) is 32.1 Å². The van der Waals surface area contributed by atoms with Gasteiger partial charge >= 0.3 is 0 Å². The molecule has 9 nitrogen and oxygen atoms in total. The van der Waals surface area contributed by atoms with Crippen LogP contribution >= 0.6 is 11.3 Å². The van der Waals surface area contributed by atoms with E-state index in [9.17, 15) is 8.42 Å². The number of nitrogens with one attached hydrogen (secondary N) is 1. The Bertz CT molecular complexity index is 1300. The summed E-state index contributed by atoms with van der Waals surface area (Å²) >= 11 is 1.38. The van der Waals surface area contributed by atoms with Crippen LogP contribution in [-0.2, 0) is 14.8 Å². The van der Waals surface area contributed by atoms with E-state index in [1.165, 1.54) is 17.4 Å². The van der Waals surface area contributed by atoms with Gasteiger partial charge in [-0.25, -0.2) is 27.8 Å². The lowest BCUT2D eigenvalue weighted by atomic mass is 10.0. The molecule has 2 aromatic heterocycles. The second kappa shape index (κ2) is 10.0. The molecule has 3 aromatic rings. The molecular formula is C23H27FN6O3S2.